The quantitative estimate of drug-likeness (QED) is 0.509. The molecule has 6 heteroatoms. The predicted molar refractivity (Wildman–Crippen MR) is 103 cm³/mol. The number of fused-ring (bicyclic) bond motifs is 1. The number of nitrogens with one attached hydrogen (secondary N) is 1. The molecule has 0 radical (unpaired) electrons. The second-order valence-electron chi connectivity index (χ2n) is 5.62. The Labute approximate surface area is 154 Å². The number of hydrogen-bond acceptors (Lipinski definition) is 3. The van der Waals surface area contributed by atoms with Crippen LogP contribution in [0.5, 0.6) is 5.75 Å². The number of aromatic hydroxyl groups is 1. The van der Waals surface area contributed by atoms with Crippen molar-refractivity contribution < 1.29 is 9.90 Å². The molecule has 3 aromatic rings. The van der Waals surface area contributed by atoms with Crippen molar-refractivity contribution in [2.75, 3.05) is 0 Å². The fraction of sp³-hybridized carbons (Fsp3) is 0.158. The van der Waals surface area contributed by atoms with E-state index in [-0.39, 0.29) is 11.3 Å². The number of phenols is 1. The summed E-state index contributed by atoms with van der Waals surface area (Å²) >= 11 is 3.28. The van der Waals surface area contributed by atoms with Gasteiger partial charge in [0.25, 0.3) is 5.91 Å². The first-order valence-corrected chi connectivity index (χ1v) is 8.72. The molecule has 0 aliphatic rings. The van der Waals surface area contributed by atoms with Crippen molar-refractivity contribution in [1.82, 2.24) is 9.99 Å². The largest absolute Gasteiger partial charge is 0.507 e. The van der Waals surface area contributed by atoms with Gasteiger partial charge in [0.1, 0.15) is 5.75 Å². The van der Waals surface area contributed by atoms with Crippen LogP contribution in [0.1, 0.15) is 28.5 Å². The number of rotatable bonds is 4. The Morgan fingerprint density at radius 2 is 2.08 bits per heavy atom. The topological polar surface area (TPSA) is 66.6 Å². The minimum absolute atomic E-state index is 0.0883. The smallest absolute Gasteiger partial charge is 0.275 e. The van der Waals surface area contributed by atoms with Gasteiger partial charge in [0.2, 0.25) is 0 Å². The fourth-order valence-electron chi connectivity index (χ4n) is 2.93. The number of hydrazone groups is 1. The normalized spacial score (nSPS) is 11.3. The summed E-state index contributed by atoms with van der Waals surface area (Å²) in [5.74, 6) is -0.554. The van der Waals surface area contributed by atoms with E-state index in [1.54, 1.807) is 18.3 Å². The minimum Gasteiger partial charge on any atom is -0.507 e. The number of carbonyl (C=O) groups is 1. The zero-order valence-electron chi connectivity index (χ0n) is 14.0. The molecule has 0 saturated heterocycles. The van der Waals surface area contributed by atoms with Gasteiger partial charge in [-0.05, 0) is 38.1 Å². The van der Waals surface area contributed by atoms with Crippen LogP contribution in [0.25, 0.3) is 10.9 Å². The summed E-state index contributed by atoms with van der Waals surface area (Å²) in [6.45, 7) is 4.99. The highest BCUT2D eigenvalue weighted by atomic mass is 79.9. The molecule has 3 rings (SSSR count). The molecule has 0 saturated carbocycles. The number of hydrogen-bond donors (Lipinski definition) is 2. The summed E-state index contributed by atoms with van der Waals surface area (Å²) in [6.07, 6.45) is 1.65. The molecule has 2 N–H and O–H groups in total. The van der Waals surface area contributed by atoms with E-state index < -0.39 is 5.91 Å². The highest BCUT2D eigenvalue weighted by Gasteiger charge is 2.12. The number of nitrogens with zero attached hydrogens (tertiary/aromatic N) is 2. The molecule has 2 aromatic carbocycles. The van der Waals surface area contributed by atoms with Gasteiger partial charge in [-0.1, -0.05) is 34.1 Å². The van der Waals surface area contributed by atoms with Gasteiger partial charge in [-0.15, -0.1) is 0 Å². The molecule has 0 aliphatic heterocycles. The van der Waals surface area contributed by atoms with E-state index in [1.807, 2.05) is 25.1 Å². The number of benzene rings is 2. The van der Waals surface area contributed by atoms with Crippen LogP contribution in [-0.2, 0) is 6.54 Å². The first kappa shape index (κ1) is 17.2. The lowest BCUT2D eigenvalue weighted by Gasteiger charge is -2.04. The lowest BCUT2D eigenvalue weighted by molar-refractivity contribution is 0.0952. The van der Waals surface area contributed by atoms with Crippen LogP contribution in [0.15, 0.2) is 52.0 Å². The van der Waals surface area contributed by atoms with Crippen LogP contribution in [0, 0.1) is 6.92 Å². The Morgan fingerprint density at radius 1 is 1.32 bits per heavy atom. The Balaban J connectivity index is 1.88. The van der Waals surface area contributed by atoms with Crippen LogP contribution >= 0.6 is 15.9 Å². The average molecular weight is 400 g/mol. The molecule has 0 aliphatic carbocycles. The van der Waals surface area contributed by atoms with E-state index in [0.717, 1.165) is 28.7 Å². The SMILES string of the molecule is CCn1c(C)c(/C=N\NC(=O)c2cc(Br)ccc2O)c2ccccc21. The molecule has 0 bridgehead atoms. The molecule has 128 valence electrons. The van der Waals surface area contributed by atoms with Gasteiger partial charge in [-0.3, -0.25) is 4.79 Å². The van der Waals surface area contributed by atoms with Gasteiger partial charge in [0.15, 0.2) is 0 Å². The molecule has 1 heterocycles. The van der Waals surface area contributed by atoms with E-state index in [0.29, 0.717) is 4.47 Å². The highest BCUT2D eigenvalue weighted by molar-refractivity contribution is 9.10. The van der Waals surface area contributed by atoms with Gasteiger partial charge in [-0.25, -0.2) is 5.43 Å². The Bertz CT molecular complexity index is 976. The monoisotopic (exact) mass is 399 g/mol. The Hall–Kier alpha value is -2.60. The van der Waals surface area contributed by atoms with E-state index in [9.17, 15) is 9.90 Å². The second-order valence-corrected chi connectivity index (χ2v) is 6.54. The number of aryl methyl sites for hydroxylation is 1. The van der Waals surface area contributed by atoms with Crippen molar-refractivity contribution in [2.24, 2.45) is 5.10 Å². The van der Waals surface area contributed by atoms with Gasteiger partial charge in [-0.2, -0.15) is 5.10 Å². The number of aromatic nitrogens is 1. The third-order valence-corrected chi connectivity index (χ3v) is 4.65. The molecule has 0 fully saturated rings. The van der Waals surface area contributed by atoms with Gasteiger partial charge >= 0.3 is 0 Å². The van der Waals surface area contributed by atoms with Crippen LogP contribution < -0.4 is 5.43 Å². The molecule has 0 unspecified atom stereocenters. The summed E-state index contributed by atoms with van der Waals surface area (Å²) in [5.41, 5.74) is 5.84. The van der Waals surface area contributed by atoms with Crippen molar-refractivity contribution in [2.45, 2.75) is 20.4 Å². The summed E-state index contributed by atoms with van der Waals surface area (Å²) in [6, 6.07) is 12.8. The number of para-hydroxylation sites is 1. The molecular formula is C19H18BrN3O2. The second kappa shape index (κ2) is 7.11. The van der Waals surface area contributed by atoms with E-state index >= 15 is 0 Å². The first-order chi connectivity index (χ1) is 12.0. The van der Waals surface area contributed by atoms with Crippen LogP contribution in [0.3, 0.4) is 0 Å². The molecule has 5 nitrogen and oxygen atoms in total. The summed E-state index contributed by atoms with van der Waals surface area (Å²) < 4.78 is 2.92. The minimum atomic E-state index is -0.466. The van der Waals surface area contributed by atoms with Crippen LogP contribution in [0.2, 0.25) is 0 Å². The standard InChI is InChI=1S/C19H18BrN3O2/c1-3-23-12(2)16(14-6-4-5-7-17(14)23)11-21-22-19(25)15-10-13(20)8-9-18(15)24/h4-11,24H,3H2,1-2H3,(H,22,25)/b21-11-. The maximum Gasteiger partial charge on any atom is 0.275 e. The Morgan fingerprint density at radius 3 is 2.84 bits per heavy atom. The predicted octanol–water partition coefficient (Wildman–Crippen LogP) is 4.20. The van der Waals surface area contributed by atoms with Crippen LogP contribution in [-0.4, -0.2) is 21.8 Å². The highest BCUT2D eigenvalue weighted by Crippen LogP contribution is 2.24. The molecular weight excluding hydrogens is 382 g/mol. The Kier molecular flexibility index (Phi) is 4.90. The van der Waals surface area contributed by atoms with Crippen LogP contribution in [0.4, 0.5) is 0 Å². The van der Waals surface area contributed by atoms with E-state index in [1.165, 1.54) is 6.07 Å². The fourth-order valence-corrected chi connectivity index (χ4v) is 3.30. The lowest BCUT2D eigenvalue weighted by atomic mass is 10.1. The maximum atomic E-state index is 12.2. The van der Waals surface area contributed by atoms with Crippen molar-refractivity contribution in [3.05, 3.63) is 63.8 Å². The van der Waals surface area contributed by atoms with E-state index in [2.05, 4.69) is 44.0 Å². The summed E-state index contributed by atoms with van der Waals surface area (Å²) in [7, 11) is 0. The molecule has 1 amide bonds. The van der Waals surface area contributed by atoms with Crippen molar-refractivity contribution in [3.8, 4) is 5.75 Å². The zero-order chi connectivity index (χ0) is 18.0. The van der Waals surface area contributed by atoms with Crippen molar-refractivity contribution >= 4 is 39.0 Å². The summed E-state index contributed by atoms with van der Waals surface area (Å²) in [4.78, 5) is 12.2. The number of amides is 1. The van der Waals surface area contributed by atoms with Crippen molar-refractivity contribution in [3.63, 3.8) is 0 Å². The van der Waals surface area contributed by atoms with Gasteiger partial charge in [0, 0.05) is 33.2 Å². The van der Waals surface area contributed by atoms with Gasteiger partial charge < -0.3 is 9.67 Å². The number of phenolic OH excluding ortho intramolecular Hbond substituents is 1. The summed E-state index contributed by atoms with van der Waals surface area (Å²) in [5, 5.41) is 15.0. The van der Waals surface area contributed by atoms with Crippen molar-refractivity contribution in [1.29, 1.82) is 0 Å². The lowest BCUT2D eigenvalue weighted by Crippen LogP contribution is -2.17. The molecule has 0 atom stereocenters. The molecule has 25 heavy (non-hydrogen) atoms. The maximum absolute atomic E-state index is 12.2. The molecule has 1 aromatic heterocycles. The first-order valence-electron chi connectivity index (χ1n) is 7.92. The molecule has 0 spiro atoms. The number of halogens is 1. The van der Waals surface area contributed by atoms with E-state index in [4.69, 9.17) is 0 Å². The van der Waals surface area contributed by atoms with Gasteiger partial charge in [0.05, 0.1) is 11.8 Å². The average Bonchev–Trinajstić information content (AvgIpc) is 2.88. The third kappa shape index (κ3) is 3.30. The number of carbonyl (C=O) groups excluding carboxylic acids is 1. The zero-order valence-corrected chi connectivity index (χ0v) is 15.5. The third-order valence-electron chi connectivity index (χ3n) is 4.16.